The fourth-order valence-electron chi connectivity index (χ4n) is 1.57. The van der Waals surface area contributed by atoms with E-state index in [2.05, 4.69) is 15.9 Å². The first-order valence-corrected chi connectivity index (χ1v) is 6.84. The van der Waals surface area contributed by atoms with Crippen LogP contribution in [-0.4, -0.2) is 30.9 Å². The molecule has 106 valence electrons. The van der Waals surface area contributed by atoms with Gasteiger partial charge >= 0.3 is 5.97 Å². The van der Waals surface area contributed by atoms with Gasteiger partial charge in [0.1, 0.15) is 0 Å². The summed E-state index contributed by atoms with van der Waals surface area (Å²) in [4.78, 5) is 11.2. The van der Waals surface area contributed by atoms with Crippen molar-refractivity contribution < 1.29 is 24.1 Å². The Balaban J connectivity index is 3.47. The van der Waals surface area contributed by atoms with Crippen LogP contribution in [0.15, 0.2) is 10.5 Å². The normalized spacial score (nSPS) is 10.1. The summed E-state index contributed by atoms with van der Waals surface area (Å²) in [6, 6.07) is 1.43. The standard InChI is InChI=1S/C13H17BrO5/c1-4-17-9-7-8(13(15)16)10(14)12(19-6-3)11(9)18-5-2/h7H,4-6H2,1-3H3,(H,15,16). The minimum atomic E-state index is -1.06. The van der Waals surface area contributed by atoms with Crippen LogP contribution in [0.1, 0.15) is 31.1 Å². The molecule has 0 radical (unpaired) electrons. The fraction of sp³-hybridized carbons (Fsp3) is 0.462. The van der Waals surface area contributed by atoms with Crippen LogP contribution >= 0.6 is 15.9 Å². The molecule has 0 saturated heterocycles. The lowest BCUT2D eigenvalue weighted by atomic mass is 10.2. The van der Waals surface area contributed by atoms with Gasteiger partial charge in [-0.3, -0.25) is 0 Å². The summed E-state index contributed by atoms with van der Waals surface area (Å²) in [5.74, 6) is 0.0843. The van der Waals surface area contributed by atoms with Crippen LogP contribution in [0.3, 0.4) is 0 Å². The maximum atomic E-state index is 11.2. The topological polar surface area (TPSA) is 65.0 Å². The Morgan fingerprint density at radius 3 is 2.11 bits per heavy atom. The monoisotopic (exact) mass is 332 g/mol. The fourth-order valence-corrected chi connectivity index (χ4v) is 2.15. The molecule has 1 aromatic rings. The number of halogens is 1. The molecule has 0 unspecified atom stereocenters. The second-order valence-electron chi connectivity index (χ2n) is 3.50. The Bertz CT molecular complexity index is 459. The van der Waals surface area contributed by atoms with E-state index >= 15 is 0 Å². The summed E-state index contributed by atoms with van der Waals surface area (Å²) in [5.41, 5.74) is 0.0790. The van der Waals surface area contributed by atoms with E-state index in [0.717, 1.165) is 0 Å². The minimum Gasteiger partial charge on any atom is -0.490 e. The third kappa shape index (κ3) is 3.53. The Labute approximate surface area is 120 Å². The molecule has 0 aliphatic carbocycles. The number of benzene rings is 1. The number of ether oxygens (including phenoxy) is 3. The SMILES string of the molecule is CCOc1cc(C(=O)O)c(Br)c(OCC)c1OCC. The molecule has 0 spiro atoms. The van der Waals surface area contributed by atoms with Gasteiger partial charge < -0.3 is 19.3 Å². The first-order chi connectivity index (χ1) is 9.06. The third-order valence-electron chi connectivity index (χ3n) is 2.25. The molecule has 5 nitrogen and oxygen atoms in total. The van der Waals surface area contributed by atoms with Gasteiger partial charge in [0, 0.05) is 0 Å². The van der Waals surface area contributed by atoms with Crippen molar-refractivity contribution in [1.29, 1.82) is 0 Å². The summed E-state index contributed by atoms with van der Waals surface area (Å²) >= 11 is 3.25. The molecule has 0 heterocycles. The molecule has 0 aromatic heterocycles. The summed E-state index contributed by atoms with van der Waals surface area (Å²) in [6.45, 7) is 6.71. The van der Waals surface area contributed by atoms with Gasteiger partial charge in [-0.15, -0.1) is 0 Å². The van der Waals surface area contributed by atoms with E-state index in [4.69, 9.17) is 14.2 Å². The Kier molecular flexibility index (Phi) is 5.95. The molecule has 1 aromatic carbocycles. The second-order valence-corrected chi connectivity index (χ2v) is 4.29. The van der Waals surface area contributed by atoms with Gasteiger partial charge in [0.25, 0.3) is 0 Å². The molecule has 0 bridgehead atoms. The highest BCUT2D eigenvalue weighted by Crippen LogP contribution is 2.45. The predicted molar refractivity (Wildman–Crippen MR) is 74.6 cm³/mol. The van der Waals surface area contributed by atoms with Crippen molar-refractivity contribution in [2.75, 3.05) is 19.8 Å². The highest BCUT2D eigenvalue weighted by atomic mass is 79.9. The minimum absolute atomic E-state index is 0.0790. The number of hydrogen-bond donors (Lipinski definition) is 1. The molecular weight excluding hydrogens is 316 g/mol. The number of hydrogen-bond acceptors (Lipinski definition) is 4. The quantitative estimate of drug-likeness (QED) is 0.829. The van der Waals surface area contributed by atoms with E-state index in [1.807, 2.05) is 20.8 Å². The molecule has 6 heteroatoms. The lowest BCUT2D eigenvalue weighted by molar-refractivity contribution is 0.0694. The molecule has 0 aliphatic rings. The molecule has 19 heavy (non-hydrogen) atoms. The highest BCUT2D eigenvalue weighted by molar-refractivity contribution is 9.10. The highest BCUT2D eigenvalue weighted by Gasteiger charge is 2.23. The molecule has 0 atom stereocenters. The Hall–Kier alpha value is -1.43. The van der Waals surface area contributed by atoms with Gasteiger partial charge in [-0.25, -0.2) is 4.79 Å². The maximum absolute atomic E-state index is 11.2. The van der Waals surface area contributed by atoms with Crippen LogP contribution in [0.2, 0.25) is 0 Å². The first-order valence-electron chi connectivity index (χ1n) is 6.04. The molecule has 0 saturated carbocycles. The average molecular weight is 333 g/mol. The van der Waals surface area contributed by atoms with Gasteiger partial charge in [0.05, 0.1) is 29.9 Å². The molecule has 1 N–H and O–H groups in total. The van der Waals surface area contributed by atoms with Gasteiger partial charge in [-0.05, 0) is 42.8 Å². The van der Waals surface area contributed by atoms with Crippen LogP contribution in [-0.2, 0) is 0 Å². The van der Waals surface area contributed by atoms with Gasteiger partial charge in [-0.1, -0.05) is 0 Å². The van der Waals surface area contributed by atoms with E-state index < -0.39 is 5.97 Å². The lowest BCUT2D eigenvalue weighted by Crippen LogP contribution is -2.07. The van der Waals surface area contributed by atoms with Crippen molar-refractivity contribution in [2.24, 2.45) is 0 Å². The van der Waals surface area contributed by atoms with Crippen LogP contribution in [0.4, 0.5) is 0 Å². The molecule has 1 rings (SSSR count). The molecule has 0 aliphatic heterocycles. The van der Waals surface area contributed by atoms with E-state index in [1.54, 1.807) is 0 Å². The van der Waals surface area contributed by atoms with E-state index in [1.165, 1.54) is 6.07 Å². The first kappa shape index (κ1) is 15.6. The van der Waals surface area contributed by atoms with Gasteiger partial charge in [0.15, 0.2) is 11.5 Å². The van der Waals surface area contributed by atoms with Crippen LogP contribution in [0.5, 0.6) is 17.2 Å². The molecule has 0 amide bonds. The summed E-state index contributed by atoms with van der Waals surface area (Å²) in [5, 5.41) is 9.19. The maximum Gasteiger partial charge on any atom is 0.337 e. The third-order valence-corrected chi connectivity index (χ3v) is 3.04. The number of carbonyl (C=O) groups is 1. The van der Waals surface area contributed by atoms with Gasteiger partial charge in [-0.2, -0.15) is 0 Å². The number of aromatic carboxylic acids is 1. The van der Waals surface area contributed by atoms with Crippen molar-refractivity contribution in [1.82, 2.24) is 0 Å². The second kappa shape index (κ2) is 7.23. The molecule has 0 fully saturated rings. The van der Waals surface area contributed by atoms with Crippen molar-refractivity contribution in [3.63, 3.8) is 0 Å². The zero-order chi connectivity index (χ0) is 14.4. The Morgan fingerprint density at radius 2 is 1.63 bits per heavy atom. The van der Waals surface area contributed by atoms with Crippen LogP contribution in [0, 0.1) is 0 Å². The van der Waals surface area contributed by atoms with Crippen molar-refractivity contribution in [2.45, 2.75) is 20.8 Å². The average Bonchev–Trinajstić information content (AvgIpc) is 2.36. The van der Waals surface area contributed by atoms with Crippen molar-refractivity contribution >= 4 is 21.9 Å². The van der Waals surface area contributed by atoms with Crippen molar-refractivity contribution in [3.05, 3.63) is 16.1 Å². The van der Waals surface area contributed by atoms with E-state index in [-0.39, 0.29) is 5.56 Å². The summed E-state index contributed by atoms with van der Waals surface area (Å²) in [6.07, 6.45) is 0. The number of carboxylic acids is 1. The predicted octanol–water partition coefficient (Wildman–Crippen LogP) is 3.34. The van der Waals surface area contributed by atoms with Crippen LogP contribution in [0.25, 0.3) is 0 Å². The largest absolute Gasteiger partial charge is 0.490 e. The zero-order valence-electron chi connectivity index (χ0n) is 11.2. The van der Waals surface area contributed by atoms with E-state index in [0.29, 0.717) is 41.5 Å². The number of carboxylic acid groups (broad SMARTS) is 1. The van der Waals surface area contributed by atoms with Crippen molar-refractivity contribution in [3.8, 4) is 17.2 Å². The van der Waals surface area contributed by atoms with Gasteiger partial charge in [0.2, 0.25) is 5.75 Å². The lowest BCUT2D eigenvalue weighted by Gasteiger charge is -2.18. The van der Waals surface area contributed by atoms with Crippen LogP contribution < -0.4 is 14.2 Å². The summed E-state index contributed by atoms with van der Waals surface area (Å²) in [7, 11) is 0. The number of rotatable bonds is 7. The summed E-state index contributed by atoms with van der Waals surface area (Å²) < 4.78 is 16.8. The smallest absolute Gasteiger partial charge is 0.337 e. The Morgan fingerprint density at radius 1 is 1.11 bits per heavy atom. The van der Waals surface area contributed by atoms with E-state index in [9.17, 15) is 9.90 Å². The zero-order valence-corrected chi connectivity index (χ0v) is 12.7. The molecular formula is C13H17BrO5.